The molecule has 0 bridgehead atoms. The van der Waals surface area contributed by atoms with Crippen LogP contribution in [0.25, 0.3) is 22.7 Å². The van der Waals surface area contributed by atoms with E-state index >= 15 is 0 Å². The largest absolute Gasteiger partial charge is 0.310 e. The third-order valence-electron chi connectivity index (χ3n) is 5.67. The second-order valence-corrected chi connectivity index (χ2v) is 7.78. The lowest BCUT2D eigenvalue weighted by Crippen LogP contribution is -2.00. The van der Waals surface area contributed by atoms with Crippen molar-refractivity contribution < 1.29 is 0 Å². The number of aryl methyl sites for hydroxylation is 1. The maximum atomic E-state index is 4.56. The maximum absolute atomic E-state index is 4.56. The summed E-state index contributed by atoms with van der Waals surface area (Å²) in [5.41, 5.74) is 8.61. The number of hydrogen-bond acceptors (Lipinski definition) is 3. The van der Waals surface area contributed by atoms with Crippen molar-refractivity contribution in [1.82, 2.24) is 14.5 Å². The first-order chi connectivity index (χ1) is 14.8. The molecule has 0 saturated heterocycles. The van der Waals surface area contributed by atoms with Gasteiger partial charge in [0.2, 0.25) is 0 Å². The summed E-state index contributed by atoms with van der Waals surface area (Å²) in [7, 11) is 0. The monoisotopic (exact) mass is 392 g/mol. The second kappa shape index (κ2) is 8.07. The molecule has 148 valence electrons. The highest BCUT2D eigenvalue weighted by Crippen LogP contribution is 2.32. The van der Waals surface area contributed by atoms with Crippen molar-refractivity contribution in [2.24, 2.45) is 4.99 Å². The fourth-order valence-corrected chi connectivity index (χ4v) is 4.18. The lowest BCUT2D eigenvalue weighted by atomic mass is 10.0. The average Bonchev–Trinajstić information content (AvgIpc) is 2.88. The third-order valence-corrected chi connectivity index (χ3v) is 5.67. The van der Waals surface area contributed by atoms with Gasteiger partial charge in [0, 0.05) is 60.6 Å². The fourth-order valence-electron chi connectivity index (χ4n) is 4.18. The van der Waals surface area contributed by atoms with Crippen LogP contribution in [0.2, 0.25) is 0 Å². The van der Waals surface area contributed by atoms with Crippen LogP contribution in [0.3, 0.4) is 0 Å². The number of aromatic nitrogens is 3. The zero-order chi connectivity index (χ0) is 20.3. The summed E-state index contributed by atoms with van der Waals surface area (Å²) in [4.78, 5) is 13.3. The van der Waals surface area contributed by atoms with Crippen molar-refractivity contribution in [3.63, 3.8) is 0 Å². The first-order valence-corrected chi connectivity index (χ1v) is 10.4. The van der Waals surface area contributed by atoms with E-state index in [4.69, 9.17) is 0 Å². The Morgan fingerprint density at radius 1 is 1.03 bits per heavy atom. The predicted octanol–water partition coefficient (Wildman–Crippen LogP) is 5.70. The van der Waals surface area contributed by atoms with Crippen molar-refractivity contribution in [3.05, 3.63) is 95.4 Å². The molecule has 4 heterocycles. The molecule has 3 aromatic rings. The molecule has 1 aliphatic heterocycles. The molecule has 30 heavy (non-hydrogen) atoms. The Morgan fingerprint density at radius 3 is 2.90 bits per heavy atom. The Bertz CT molecular complexity index is 1230. The van der Waals surface area contributed by atoms with Crippen LogP contribution in [-0.2, 0) is 12.8 Å². The number of fused-ring (bicyclic) bond motifs is 3. The molecule has 4 nitrogen and oxygen atoms in total. The zero-order valence-corrected chi connectivity index (χ0v) is 17.1. The summed E-state index contributed by atoms with van der Waals surface area (Å²) < 4.78 is 2.34. The van der Waals surface area contributed by atoms with Gasteiger partial charge in [0.15, 0.2) is 0 Å². The van der Waals surface area contributed by atoms with Gasteiger partial charge in [-0.15, -0.1) is 0 Å². The molecule has 0 atom stereocenters. The normalized spacial score (nSPS) is 18.7. The Hall–Kier alpha value is -3.53. The quantitative estimate of drug-likeness (QED) is 0.537. The van der Waals surface area contributed by atoms with Crippen LogP contribution in [0.15, 0.2) is 77.9 Å². The number of rotatable bonds is 3. The Morgan fingerprint density at radius 2 is 2.00 bits per heavy atom. The van der Waals surface area contributed by atoms with Crippen LogP contribution in [0.4, 0.5) is 0 Å². The molecule has 0 N–H and O–H groups in total. The summed E-state index contributed by atoms with van der Waals surface area (Å²) in [5, 5.41) is 1.20. The molecule has 2 aliphatic rings. The van der Waals surface area contributed by atoms with Gasteiger partial charge in [-0.25, -0.2) is 0 Å². The van der Waals surface area contributed by atoms with Crippen molar-refractivity contribution in [2.75, 3.05) is 0 Å². The summed E-state index contributed by atoms with van der Waals surface area (Å²) in [6.45, 7) is 2.07. The Labute approximate surface area is 176 Å². The molecule has 0 aromatic carbocycles. The van der Waals surface area contributed by atoms with E-state index in [1.54, 1.807) is 0 Å². The van der Waals surface area contributed by atoms with Gasteiger partial charge < -0.3 is 4.57 Å². The van der Waals surface area contributed by atoms with E-state index in [2.05, 4.69) is 75.0 Å². The lowest BCUT2D eigenvalue weighted by Gasteiger charge is -2.13. The summed E-state index contributed by atoms with van der Waals surface area (Å²) >= 11 is 0. The van der Waals surface area contributed by atoms with E-state index in [9.17, 15) is 0 Å². The topological polar surface area (TPSA) is 43.1 Å². The van der Waals surface area contributed by atoms with Gasteiger partial charge in [-0.05, 0) is 55.2 Å². The molecule has 0 amide bonds. The van der Waals surface area contributed by atoms with Crippen LogP contribution >= 0.6 is 0 Å². The van der Waals surface area contributed by atoms with Crippen molar-refractivity contribution in [2.45, 2.75) is 32.6 Å². The molecule has 5 rings (SSSR count). The molecule has 0 unspecified atom stereocenters. The van der Waals surface area contributed by atoms with Crippen LogP contribution in [0.5, 0.6) is 0 Å². The highest BCUT2D eigenvalue weighted by Gasteiger charge is 2.17. The first kappa shape index (κ1) is 18.5. The molecular formula is C26H24N4. The fraction of sp³-hybridized carbons (Fsp3) is 0.192. The summed E-state index contributed by atoms with van der Waals surface area (Å²) in [6.07, 6.45) is 24.5. The van der Waals surface area contributed by atoms with Gasteiger partial charge in [0.25, 0.3) is 0 Å². The highest BCUT2D eigenvalue weighted by molar-refractivity contribution is 5.94. The van der Waals surface area contributed by atoms with Gasteiger partial charge in [0.1, 0.15) is 0 Å². The van der Waals surface area contributed by atoms with Crippen molar-refractivity contribution in [1.29, 1.82) is 0 Å². The van der Waals surface area contributed by atoms with Crippen LogP contribution < -0.4 is 0 Å². The second-order valence-electron chi connectivity index (χ2n) is 7.78. The van der Waals surface area contributed by atoms with Gasteiger partial charge in [0.05, 0.1) is 11.2 Å². The van der Waals surface area contributed by atoms with Crippen LogP contribution in [-0.4, -0.2) is 20.7 Å². The Balaban J connectivity index is 1.49. The van der Waals surface area contributed by atoms with E-state index in [1.807, 2.05) is 31.0 Å². The predicted molar refractivity (Wildman–Crippen MR) is 124 cm³/mol. The number of aliphatic imine (C=N–C) groups is 1. The van der Waals surface area contributed by atoms with Crippen molar-refractivity contribution in [3.8, 4) is 0 Å². The zero-order valence-electron chi connectivity index (χ0n) is 17.1. The third kappa shape index (κ3) is 3.57. The summed E-state index contributed by atoms with van der Waals surface area (Å²) in [5.74, 6) is 0. The molecule has 0 spiro atoms. The van der Waals surface area contributed by atoms with E-state index in [0.29, 0.717) is 0 Å². The minimum Gasteiger partial charge on any atom is -0.310 e. The average molecular weight is 393 g/mol. The van der Waals surface area contributed by atoms with E-state index in [1.165, 1.54) is 39.0 Å². The van der Waals surface area contributed by atoms with Gasteiger partial charge in [-0.2, -0.15) is 0 Å². The first-order valence-electron chi connectivity index (χ1n) is 10.4. The van der Waals surface area contributed by atoms with Gasteiger partial charge >= 0.3 is 0 Å². The van der Waals surface area contributed by atoms with Gasteiger partial charge in [-0.3, -0.25) is 15.0 Å². The minimum atomic E-state index is 0.822. The van der Waals surface area contributed by atoms with Crippen molar-refractivity contribution >= 4 is 28.9 Å². The molecule has 4 heteroatoms. The lowest BCUT2D eigenvalue weighted by molar-refractivity contribution is 0.982. The van der Waals surface area contributed by atoms with E-state index in [-0.39, 0.29) is 0 Å². The highest BCUT2D eigenvalue weighted by atomic mass is 15.0. The standard InChI is InChI=1S/C26H24N4/c1-19-8-9-21(29-17-19)16-20-4-2-6-22(7-3-5-20)30-25-11-14-27-13-10-23(25)24-18-28-15-12-26(24)30/h2,5-9,11-15,17-18H,3-4,10,16H2,1H3/b6-2-,20-5+,22-7?. The van der Waals surface area contributed by atoms with E-state index in [0.717, 1.165) is 31.4 Å². The molecular weight excluding hydrogens is 368 g/mol. The summed E-state index contributed by atoms with van der Waals surface area (Å²) in [6, 6.07) is 6.37. The molecule has 0 fully saturated rings. The number of hydrogen-bond donors (Lipinski definition) is 0. The smallest absolute Gasteiger partial charge is 0.0568 e. The minimum absolute atomic E-state index is 0.822. The molecule has 0 radical (unpaired) electrons. The van der Waals surface area contributed by atoms with Crippen LogP contribution in [0.1, 0.15) is 35.4 Å². The van der Waals surface area contributed by atoms with E-state index < -0.39 is 0 Å². The molecule has 0 saturated carbocycles. The number of pyridine rings is 2. The molecule has 3 aromatic heterocycles. The maximum Gasteiger partial charge on any atom is 0.0568 e. The molecule has 1 aliphatic carbocycles. The van der Waals surface area contributed by atoms with Crippen LogP contribution in [0, 0.1) is 6.92 Å². The Kier molecular flexibility index (Phi) is 4.98. The number of nitrogens with zero attached hydrogens (tertiary/aromatic N) is 4. The SMILES string of the molecule is Cc1ccc(C/C2=C/CC=C(n3c4c(c5cnccc53)CC=NC=C4)/C=C\C2)nc1. The van der Waals surface area contributed by atoms with Gasteiger partial charge in [-0.1, -0.05) is 29.9 Å². The number of allylic oxidation sites excluding steroid dienone is 6.